The van der Waals surface area contributed by atoms with Gasteiger partial charge >= 0.3 is 6.18 Å². The van der Waals surface area contributed by atoms with Crippen LogP contribution in [0.4, 0.5) is 13.2 Å². The van der Waals surface area contributed by atoms with E-state index in [4.69, 9.17) is 23.2 Å². The van der Waals surface area contributed by atoms with E-state index in [2.05, 4.69) is 6.58 Å². The van der Waals surface area contributed by atoms with Crippen molar-refractivity contribution >= 4 is 29.3 Å². The number of alkyl halides is 3. The molecular formula is C19H21Cl2F3. The van der Waals surface area contributed by atoms with E-state index < -0.39 is 6.18 Å². The fourth-order valence-electron chi connectivity index (χ4n) is 3.31. The maximum Gasteiger partial charge on any atom is 0.409 e. The highest BCUT2D eigenvalue weighted by atomic mass is 35.5. The molecule has 0 radical (unpaired) electrons. The Kier molecular flexibility index (Phi) is 6.82. The van der Waals surface area contributed by atoms with Gasteiger partial charge in [-0.05, 0) is 74.1 Å². The van der Waals surface area contributed by atoms with Crippen LogP contribution in [0.5, 0.6) is 0 Å². The van der Waals surface area contributed by atoms with Gasteiger partial charge in [0.15, 0.2) is 0 Å². The van der Waals surface area contributed by atoms with Crippen molar-refractivity contribution in [1.82, 2.24) is 0 Å². The summed E-state index contributed by atoms with van der Waals surface area (Å²) in [6.45, 7) is 3.76. The third-order valence-corrected chi connectivity index (χ3v) is 5.26. The molecule has 132 valence electrons. The van der Waals surface area contributed by atoms with Crippen LogP contribution < -0.4 is 0 Å². The first kappa shape index (κ1) is 19.4. The van der Waals surface area contributed by atoms with Crippen LogP contribution >= 0.6 is 23.2 Å². The lowest BCUT2D eigenvalue weighted by Gasteiger charge is -2.29. The SMILES string of the molecule is C=CCCC1CCC(c2cc(Cl)c(C=CC(F)(F)F)c(Cl)c2)CC1. The molecule has 5 heteroatoms. The summed E-state index contributed by atoms with van der Waals surface area (Å²) in [5, 5.41) is 0.540. The highest BCUT2D eigenvalue weighted by molar-refractivity contribution is 6.37. The normalized spacial score (nSPS) is 22.0. The van der Waals surface area contributed by atoms with E-state index in [-0.39, 0.29) is 21.7 Å². The predicted octanol–water partition coefficient (Wildman–Crippen LogP) is 7.81. The number of benzene rings is 1. The molecule has 24 heavy (non-hydrogen) atoms. The molecular weight excluding hydrogens is 356 g/mol. The third-order valence-electron chi connectivity index (χ3n) is 4.64. The molecule has 0 N–H and O–H groups in total. The molecule has 0 spiro atoms. The first-order chi connectivity index (χ1) is 11.3. The second-order valence-electron chi connectivity index (χ2n) is 6.36. The smallest absolute Gasteiger partial charge is 0.167 e. The maximum atomic E-state index is 12.3. The molecule has 1 aromatic rings. The van der Waals surface area contributed by atoms with E-state index in [1.165, 1.54) is 6.42 Å². The lowest BCUT2D eigenvalue weighted by atomic mass is 9.77. The minimum Gasteiger partial charge on any atom is -0.167 e. The highest BCUT2D eigenvalue weighted by Gasteiger charge is 2.24. The summed E-state index contributed by atoms with van der Waals surface area (Å²) < 4.78 is 37.0. The van der Waals surface area contributed by atoms with Gasteiger partial charge in [-0.25, -0.2) is 0 Å². The zero-order valence-corrected chi connectivity index (χ0v) is 14.9. The number of halogens is 5. The van der Waals surface area contributed by atoms with E-state index in [9.17, 15) is 13.2 Å². The lowest BCUT2D eigenvalue weighted by Crippen LogP contribution is -2.13. The van der Waals surface area contributed by atoms with Crippen molar-refractivity contribution in [2.75, 3.05) is 0 Å². The van der Waals surface area contributed by atoms with E-state index in [1.54, 1.807) is 12.1 Å². The summed E-state index contributed by atoms with van der Waals surface area (Å²) in [5.41, 5.74) is 1.25. The summed E-state index contributed by atoms with van der Waals surface area (Å²) in [6.07, 6.45) is 5.33. The van der Waals surface area contributed by atoms with Gasteiger partial charge in [0.25, 0.3) is 0 Å². The molecule has 1 aliphatic carbocycles. The van der Waals surface area contributed by atoms with Crippen LogP contribution in [0.25, 0.3) is 6.08 Å². The average molecular weight is 377 g/mol. The fourth-order valence-corrected chi connectivity index (χ4v) is 3.94. The lowest BCUT2D eigenvalue weighted by molar-refractivity contribution is -0.0790. The summed E-state index contributed by atoms with van der Waals surface area (Å²) >= 11 is 12.3. The van der Waals surface area contributed by atoms with E-state index in [0.717, 1.165) is 49.7 Å². The van der Waals surface area contributed by atoms with Gasteiger partial charge < -0.3 is 0 Å². The van der Waals surface area contributed by atoms with Crippen molar-refractivity contribution in [3.05, 3.63) is 52.0 Å². The predicted molar refractivity (Wildman–Crippen MR) is 95.7 cm³/mol. The Morgan fingerprint density at radius 2 is 1.67 bits per heavy atom. The van der Waals surface area contributed by atoms with Crippen LogP contribution in [0.3, 0.4) is 0 Å². The van der Waals surface area contributed by atoms with Gasteiger partial charge in [0.2, 0.25) is 0 Å². The molecule has 0 aromatic heterocycles. The molecule has 1 fully saturated rings. The Morgan fingerprint density at radius 1 is 1.08 bits per heavy atom. The zero-order valence-electron chi connectivity index (χ0n) is 13.4. The number of hydrogen-bond donors (Lipinski definition) is 0. The van der Waals surface area contributed by atoms with Crippen molar-refractivity contribution in [3.63, 3.8) is 0 Å². The Labute approximate surface area is 151 Å². The van der Waals surface area contributed by atoms with Gasteiger partial charge in [0.1, 0.15) is 0 Å². The Morgan fingerprint density at radius 3 is 2.17 bits per heavy atom. The molecule has 0 bridgehead atoms. The molecule has 0 heterocycles. The van der Waals surface area contributed by atoms with Crippen molar-refractivity contribution in [2.45, 2.75) is 50.6 Å². The van der Waals surface area contributed by atoms with Crippen LogP contribution in [0.15, 0.2) is 30.9 Å². The third kappa shape index (κ3) is 5.56. The first-order valence-corrected chi connectivity index (χ1v) is 8.91. The van der Waals surface area contributed by atoms with Crippen LogP contribution in [0, 0.1) is 5.92 Å². The molecule has 1 aliphatic rings. The fraction of sp³-hybridized carbons (Fsp3) is 0.474. The largest absolute Gasteiger partial charge is 0.409 e. The molecule has 0 nitrogen and oxygen atoms in total. The second-order valence-corrected chi connectivity index (χ2v) is 7.17. The van der Waals surface area contributed by atoms with Crippen LogP contribution in [-0.4, -0.2) is 6.18 Å². The Bertz CT molecular complexity index is 574. The minimum absolute atomic E-state index is 0.157. The Hall–Kier alpha value is -0.930. The molecule has 2 rings (SSSR count). The molecule has 0 aliphatic heterocycles. The van der Waals surface area contributed by atoms with Crippen LogP contribution in [0.1, 0.15) is 55.6 Å². The summed E-state index contributed by atoms with van der Waals surface area (Å²) in [7, 11) is 0. The summed E-state index contributed by atoms with van der Waals surface area (Å²) in [6, 6.07) is 3.52. The van der Waals surface area contributed by atoms with Gasteiger partial charge in [-0.2, -0.15) is 13.2 Å². The first-order valence-electron chi connectivity index (χ1n) is 8.16. The van der Waals surface area contributed by atoms with Gasteiger partial charge in [-0.3, -0.25) is 0 Å². The standard InChI is InChI=1S/C19H21Cl2F3/c1-2-3-4-13-5-7-14(8-6-13)15-11-17(20)16(18(21)12-15)9-10-19(22,23)24/h2,9-14H,1,3-8H2. The number of rotatable bonds is 5. The van der Waals surface area contributed by atoms with Crippen LogP contribution in [0.2, 0.25) is 10.0 Å². The maximum absolute atomic E-state index is 12.3. The molecule has 0 saturated heterocycles. The molecule has 0 amide bonds. The summed E-state index contributed by atoms with van der Waals surface area (Å²) in [5.74, 6) is 1.11. The van der Waals surface area contributed by atoms with Crippen LogP contribution in [-0.2, 0) is 0 Å². The van der Waals surface area contributed by atoms with Gasteiger partial charge in [0, 0.05) is 21.7 Å². The molecule has 1 saturated carbocycles. The zero-order chi connectivity index (χ0) is 17.7. The average Bonchev–Trinajstić information content (AvgIpc) is 2.51. The van der Waals surface area contributed by atoms with Gasteiger partial charge in [0.05, 0.1) is 0 Å². The van der Waals surface area contributed by atoms with Gasteiger partial charge in [-0.15, -0.1) is 6.58 Å². The van der Waals surface area contributed by atoms with E-state index >= 15 is 0 Å². The highest BCUT2D eigenvalue weighted by Crippen LogP contribution is 2.40. The topological polar surface area (TPSA) is 0 Å². The monoisotopic (exact) mass is 376 g/mol. The molecule has 1 aromatic carbocycles. The quantitative estimate of drug-likeness (QED) is 0.459. The van der Waals surface area contributed by atoms with Crippen molar-refractivity contribution in [1.29, 1.82) is 0 Å². The second kappa shape index (κ2) is 8.44. The van der Waals surface area contributed by atoms with Crippen molar-refractivity contribution < 1.29 is 13.2 Å². The number of hydrogen-bond acceptors (Lipinski definition) is 0. The van der Waals surface area contributed by atoms with E-state index in [1.807, 2.05) is 6.08 Å². The van der Waals surface area contributed by atoms with E-state index in [0.29, 0.717) is 5.92 Å². The van der Waals surface area contributed by atoms with Crippen molar-refractivity contribution in [3.8, 4) is 0 Å². The minimum atomic E-state index is -4.38. The van der Waals surface area contributed by atoms with Gasteiger partial charge in [-0.1, -0.05) is 29.3 Å². The Balaban J connectivity index is 2.08. The van der Waals surface area contributed by atoms with Crippen molar-refractivity contribution in [2.24, 2.45) is 5.92 Å². The summed E-state index contributed by atoms with van der Waals surface area (Å²) in [4.78, 5) is 0. The molecule has 0 unspecified atom stereocenters. The molecule has 0 atom stereocenters. The number of allylic oxidation sites excluding steroid dienone is 2.